The molecule has 0 saturated carbocycles. The molecular formula is C12H16BrN5OS. The number of ether oxygens (including phenoxy) is 1. The molecule has 108 valence electrons. The van der Waals surface area contributed by atoms with Crippen molar-refractivity contribution in [3.8, 4) is 6.01 Å². The summed E-state index contributed by atoms with van der Waals surface area (Å²) in [5.74, 6) is 1.01. The molecule has 2 aromatic rings. The lowest BCUT2D eigenvalue weighted by Gasteiger charge is -2.08. The van der Waals surface area contributed by atoms with Crippen molar-refractivity contribution < 1.29 is 4.74 Å². The lowest BCUT2D eigenvalue weighted by atomic mass is 10.3. The first-order chi connectivity index (χ1) is 9.71. The van der Waals surface area contributed by atoms with Crippen LogP contribution in [-0.2, 0) is 6.42 Å². The number of thiophene rings is 1. The molecule has 0 radical (unpaired) electrons. The minimum absolute atomic E-state index is 0.327. The largest absolute Gasteiger partial charge is 0.464 e. The van der Waals surface area contributed by atoms with E-state index >= 15 is 0 Å². The highest BCUT2D eigenvalue weighted by molar-refractivity contribution is 9.11. The normalized spacial score (nSPS) is 10.3. The molecule has 2 aromatic heterocycles. The van der Waals surface area contributed by atoms with Crippen molar-refractivity contribution in [2.45, 2.75) is 13.3 Å². The molecule has 2 N–H and O–H groups in total. The number of hydrogen-bond donors (Lipinski definition) is 2. The standard InChI is InChI=1S/C12H16BrN5OS/c1-3-19-12-17-10(14-2)16-11(18-12)15-7-6-8-4-5-9(13)20-8/h4-5H,3,6-7H2,1-2H3,(H2,14,15,16,17,18). The summed E-state index contributed by atoms with van der Waals surface area (Å²) >= 11 is 5.18. The Balaban J connectivity index is 1.95. The summed E-state index contributed by atoms with van der Waals surface area (Å²) in [6, 6.07) is 4.48. The Morgan fingerprint density at radius 2 is 2.05 bits per heavy atom. The second kappa shape index (κ2) is 7.39. The molecule has 0 aliphatic heterocycles. The minimum atomic E-state index is 0.327. The van der Waals surface area contributed by atoms with Crippen LogP contribution in [-0.4, -0.2) is 35.2 Å². The van der Waals surface area contributed by atoms with E-state index in [4.69, 9.17) is 4.74 Å². The van der Waals surface area contributed by atoms with Crippen molar-refractivity contribution in [2.75, 3.05) is 30.8 Å². The van der Waals surface area contributed by atoms with Gasteiger partial charge in [-0.25, -0.2) is 0 Å². The highest BCUT2D eigenvalue weighted by Gasteiger charge is 2.06. The van der Waals surface area contributed by atoms with Crippen LogP contribution in [0.5, 0.6) is 6.01 Å². The van der Waals surface area contributed by atoms with Gasteiger partial charge < -0.3 is 15.4 Å². The van der Waals surface area contributed by atoms with E-state index in [9.17, 15) is 0 Å². The predicted octanol–water partition coefficient (Wildman–Crippen LogP) is 2.79. The van der Waals surface area contributed by atoms with Gasteiger partial charge in [-0.3, -0.25) is 0 Å². The summed E-state index contributed by atoms with van der Waals surface area (Å²) < 4.78 is 6.45. The summed E-state index contributed by atoms with van der Waals surface area (Å²) in [7, 11) is 1.76. The third-order valence-corrected chi connectivity index (χ3v) is 4.08. The second-order valence-corrected chi connectivity index (χ2v) is 6.38. The summed E-state index contributed by atoms with van der Waals surface area (Å²) in [6.45, 7) is 3.17. The lowest BCUT2D eigenvalue weighted by Crippen LogP contribution is -2.11. The maximum atomic E-state index is 5.31. The van der Waals surface area contributed by atoms with Crippen LogP contribution in [0.3, 0.4) is 0 Å². The monoisotopic (exact) mass is 357 g/mol. The van der Waals surface area contributed by atoms with E-state index in [2.05, 4.69) is 53.6 Å². The number of halogens is 1. The van der Waals surface area contributed by atoms with E-state index in [0.717, 1.165) is 16.8 Å². The Morgan fingerprint density at radius 1 is 1.25 bits per heavy atom. The summed E-state index contributed by atoms with van der Waals surface area (Å²) in [4.78, 5) is 13.9. The van der Waals surface area contributed by atoms with Crippen LogP contribution < -0.4 is 15.4 Å². The van der Waals surface area contributed by atoms with Gasteiger partial charge in [0.25, 0.3) is 0 Å². The van der Waals surface area contributed by atoms with Crippen LogP contribution in [0.15, 0.2) is 15.9 Å². The molecule has 0 spiro atoms. The molecule has 0 aromatic carbocycles. The maximum Gasteiger partial charge on any atom is 0.323 e. The zero-order chi connectivity index (χ0) is 14.4. The summed E-state index contributed by atoms with van der Waals surface area (Å²) in [6.07, 6.45) is 0.917. The molecule has 0 saturated heterocycles. The van der Waals surface area contributed by atoms with Gasteiger partial charge in [0.2, 0.25) is 11.9 Å². The Kier molecular flexibility index (Phi) is 5.54. The smallest absolute Gasteiger partial charge is 0.323 e. The fourth-order valence-electron chi connectivity index (χ4n) is 1.52. The maximum absolute atomic E-state index is 5.31. The zero-order valence-corrected chi connectivity index (χ0v) is 13.7. The van der Waals surface area contributed by atoms with E-state index in [0.29, 0.717) is 24.5 Å². The third-order valence-electron chi connectivity index (χ3n) is 2.40. The lowest BCUT2D eigenvalue weighted by molar-refractivity contribution is 0.312. The van der Waals surface area contributed by atoms with Crippen LogP contribution in [0.4, 0.5) is 11.9 Å². The Bertz CT molecular complexity index is 563. The SMILES string of the molecule is CCOc1nc(NC)nc(NCCc2ccc(Br)s2)n1. The van der Waals surface area contributed by atoms with Crippen molar-refractivity contribution >= 4 is 39.2 Å². The number of rotatable bonds is 7. The van der Waals surface area contributed by atoms with Crippen LogP contribution in [0.2, 0.25) is 0 Å². The third kappa shape index (κ3) is 4.31. The average Bonchev–Trinajstić information content (AvgIpc) is 2.84. The van der Waals surface area contributed by atoms with Gasteiger partial charge in [0, 0.05) is 18.5 Å². The van der Waals surface area contributed by atoms with Crippen molar-refractivity contribution in [3.63, 3.8) is 0 Å². The fraction of sp³-hybridized carbons (Fsp3) is 0.417. The molecule has 8 heteroatoms. The van der Waals surface area contributed by atoms with Gasteiger partial charge in [-0.05, 0) is 41.4 Å². The van der Waals surface area contributed by atoms with E-state index in [-0.39, 0.29) is 0 Å². The number of nitrogens with one attached hydrogen (secondary N) is 2. The van der Waals surface area contributed by atoms with Crippen molar-refractivity contribution in [2.24, 2.45) is 0 Å². The Labute approximate surface area is 130 Å². The quantitative estimate of drug-likeness (QED) is 0.793. The topological polar surface area (TPSA) is 72.0 Å². The first kappa shape index (κ1) is 15.0. The van der Waals surface area contributed by atoms with Gasteiger partial charge in [0.15, 0.2) is 0 Å². The van der Waals surface area contributed by atoms with Gasteiger partial charge >= 0.3 is 6.01 Å². The van der Waals surface area contributed by atoms with Gasteiger partial charge in [0.1, 0.15) is 0 Å². The van der Waals surface area contributed by atoms with E-state index < -0.39 is 0 Å². The van der Waals surface area contributed by atoms with Gasteiger partial charge in [0.05, 0.1) is 10.4 Å². The molecule has 0 aliphatic carbocycles. The number of hydrogen-bond acceptors (Lipinski definition) is 7. The number of nitrogens with zero attached hydrogens (tertiary/aromatic N) is 3. The van der Waals surface area contributed by atoms with Crippen molar-refractivity contribution in [3.05, 3.63) is 20.8 Å². The van der Waals surface area contributed by atoms with Crippen LogP contribution in [0, 0.1) is 0 Å². The highest BCUT2D eigenvalue weighted by atomic mass is 79.9. The summed E-state index contributed by atoms with van der Waals surface area (Å²) in [5.41, 5.74) is 0. The second-order valence-electron chi connectivity index (χ2n) is 3.83. The predicted molar refractivity (Wildman–Crippen MR) is 84.8 cm³/mol. The molecule has 0 amide bonds. The molecule has 2 heterocycles. The zero-order valence-electron chi connectivity index (χ0n) is 11.3. The molecule has 20 heavy (non-hydrogen) atoms. The van der Waals surface area contributed by atoms with Crippen LogP contribution in [0.1, 0.15) is 11.8 Å². The molecular weight excluding hydrogens is 342 g/mol. The van der Waals surface area contributed by atoms with E-state index in [1.807, 2.05) is 6.92 Å². The average molecular weight is 358 g/mol. The van der Waals surface area contributed by atoms with Gasteiger partial charge in [-0.15, -0.1) is 11.3 Å². The molecule has 2 rings (SSSR count). The number of anilines is 2. The van der Waals surface area contributed by atoms with E-state index in [1.165, 1.54) is 4.88 Å². The molecule has 6 nitrogen and oxygen atoms in total. The van der Waals surface area contributed by atoms with Crippen molar-refractivity contribution in [1.82, 2.24) is 15.0 Å². The molecule has 0 fully saturated rings. The molecule has 0 atom stereocenters. The van der Waals surface area contributed by atoms with Crippen molar-refractivity contribution in [1.29, 1.82) is 0 Å². The number of aromatic nitrogens is 3. The first-order valence-electron chi connectivity index (χ1n) is 6.26. The van der Waals surface area contributed by atoms with E-state index in [1.54, 1.807) is 18.4 Å². The minimum Gasteiger partial charge on any atom is -0.464 e. The fourth-order valence-corrected chi connectivity index (χ4v) is 3.01. The summed E-state index contributed by atoms with van der Waals surface area (Å²) in [5, 5.41) is 6.08. The molecule has 0 bridgehead atoms. The highest BCUT2D eigenvalue weighted by Crippen LogP contribution is 2.22. The van der Waals surface area contributed by atoms with Gasteiger partial charge in [-0.2, -0.15) is 15.0 Å². The van der Waals surface area contributed by atoms with Gasteiger partial charge in [-0.1, -0.05) is 0 Å². The Morgan fingerprint density at radius 3 is 2.70 bits per heavy atom. The first-order valence-corrected chi connectivity index (χ1v) is 7.87. The molecule has 0 unspecified atom stereocenters. The van der Waals surface area contributed by atoms with Crippen LogP contribution in [0.25, 0.3) is 0 Å². The van der Waals surface area contributed by atoms with Crippen LogP contribution >= 0.6 is 27.3 Å². The Hall–Kier alpha value is -1.41. The molecule has 0 aliphatic rings.